The fourth-order valence-corrected chi connectivity index (χ4v) is 2.74. The van der Waals surface area contributed by atoms with Gasteiger partial charge in [0, 0.05) is 0 Å². The van der Waals surface area contributed by atoms with Crippen LogP contribution < -0.4 is 4.57 Å². The average molecular weight is 446 g/mol. The molecule has 10 heteroatoms. The van der Waals surface area contributed by atoms with Gasteiger partial charge in [0.05, 0.1) is 7.05 Å². The van der Waals surface area contributed by atoms with Gasteiger partial charge in [0.2, 0.25) is 6.33 Å². The number of rotatable bonds is 2. The SMILES string of the molecule is C[n+]1ccn(Cc2cc(C(C)(C)C)c(O)c(C(C)(C)C)c2)c1.F[P-](F)(F)(F)(F)F. The number of hydrogen-bond donors (Lipinski definition) is 1. The summed E-state index contributed by atoms with van der Waals surface area (Å²) >= 11 is 0. The van der Waals surface area contributed by atoms with E-state index < -0.39 is 7.81 Å². The minimum absolute atomic E-state index is 0.0819. The van der Waals surface area contributed by atoms with E-state index in [0.717, 1.165) is 17.7 Å². The van der Waals surface area contributed by atoms with Crippen molar-refractivity contribution in [3.63, 3.8) is 0 Å². The van der Waals surface area contributed by atoms with E-state index in [2.05, 4.69) is 70.8 Å². The van der Waals surface area contributed by atoms with Crippen LogP contribution >= 0.6 is 7.81 Å². The van der Waals surface area contributed by atoms with E-state index >= 15 is 0 Å². The second-order valence-electron chi connectivity index (χ2n) is 9.25. The molecule has 0 aliphatic rings. The van der Waals surface area contributed by atoms with Crippen molar-refractivity contribution in [2.75, 3.05) is 0 Å². The van der Waals surface area contributed by atoms with Crippen LogP contribution in [0.4, 0.5) is 25.2 Å². The number of phenolic OH excluding ortho intramolecular Hbond substituents is 1. The Hall–Kier alpha value is -1.76. The van der Waals surface area contributed by atoms with E-state index in [-0.39, 0.29) is 10.8 Å². The van der Waals surface area contributed by atoms with Crippen LogP contribution in [-0.2, 0) is 24.4 Å². The molecular formula is C19H29F6N2OP. The van der Waals surface area contributed by atoms with Crippen LogP contribution in [0.2, 0.25) is 0 Å². The first-order valence-electron chi connectivity index (χ1n) is 8.88. The molecule has 0 spiro atoms. The van der Waals surface area contributed by atoms with Gasteiger partial charge in [0.25, 0.3) is 0 Å². The first-order chi connectivity index (χ1) is 12.4. The Labute approximate surface area is 167 Å². The molecule has 0 unspecified atom stereocenters. The van der Waals surface area contributed by atoms with Crippen LogP contribution in [0.5, 0.6) is 5.75 Å². The molecule has 0 aliphatic heterocycles. The van der Waals surface area contributed by atoms with Gasteiger partial charge in [-0.25, -0.2) is 9.13 Å². The zero-order chi connectivity index (χ0) is 23.1. The van der Waals surface area contributed by atoms with Crippen molar-refractivity contribution < 1.29 is 34.9 Å². The van der Waals surface area contributed by atoms with E-state index in [1.54, 1.807) is 0 Å². The second-order valence-corrected chi connectivity index (χ2v) is 11.2. The number of nitrogens with zero attached hydrogens (tertiary/aromatic N) is 2. The maximum absolute atomic E-state index is 10.7. The van der Waals surface area contributed by atoms with Crippen LogP contribution in [0.15, 0.2) is 30.9 Å². The van der Waals surface area contributed by atoms with Crippen molar-refractivity contribution in [3.8, 4) is 5.75 Å². The summed E-state index contributed by atoms with van der Waals surface area (Å²) in [5.74, 6) is 0.446. The Morgan fingerprint density at radius 1 is 0.897 bits per heavy atom. The van der Waals surface area contributed by atoms with Gasteiger partial charge in [-0.15, -0.1) is 0 Å². The van der Waals surface area contributed by atoms with Crippen LogP contribution in [0.3, 0.4) is 0 Å². The molecular weight excluding hydrogens is 417 g/mol. The molecule has 0 radical (unpaired) electrons. The fourth-order valence-electron chi connectivity index (χ4n) is 2.74. The first kappa shape index (κ1) is 25.3. The molecule has 168 valence electrons. The molecule has 2 rings (SSSR count). The first-order valence-corrected chi connectivity index (χ1v) is 10.9. The molecule has 1 aromatic carbocycles. The number of aromatic nitrogens is 2. The van der Waals surface area contributed by atoms with Crippen LogP contribution in [0.1, 0.15) is 58.2 Å². The molecule has 0 saturated heterocycles. The molecule has 0 aliphatic carbocycles. The summed E-state index contributed by atoms with van der Waals surface area (Å²) in [4.78, 5) is 0. The molecule has 0 bridgehead atoms. The number of phenols is 1. The summed E-state index contributed by atoms with van der Waals surface area (Å²) in [6.07, 6.45) is 6.18. The van der Waals surface area contributed by atoms with Gasteiger partial charge < -0.3 is 5.11 Å². The monoisotopic (exact) mass is 446 g/mol. The van der Waals surface area contributed by atoms with Crippen molar-refractivity contribution in [2.45, 2.75) is 58.9 Å². The third kappa shape index (κ3) is 10.0. The van der Waals surface area contributed by atoms with Gasteiger partial charge in [-0.1, -0.05) is 41.5 Å². The van der Waals surface area contributed by atoms with Gasteiger partial charge in [-0.3, -0.25) is 0 Å². The van der Waals surface area contributed by atoms with Gasteiger partial charge in [-0.05, 0) is 39.7 Å². The minimum atomic E-state index is -10.7. The third-order valence-electron chi connectivity index (χ3n) is 3.97. The van der Waals surface area contributed by atoms with Crippen molar-refractivity contribution in [1.82, 2.24) is 4.57 Å². The Kier molecular flexibility index (Phi) is 6.01. The summed E-state index contributed by atoms with van der Waals surface area (Å²) in [5, 5.41) is 10.7. The van der Waals surface area contributed by atoms with E-state index in [1.165, 1.54) is 5.56 Å². The third-order valence-corrected chi connectivity index (χ3v) is 3.97. The van der Waals surface area contributed by atoms with E-state index in [0.29, 0.717) is 5.75 Å². The Bertz CT molecular complexity index is 829. The number of aryl methyl sites for hydroxylation is 1. The topological polar surface area (TPSA) is 29.0 Å². The van der Waals surface area contributed by atoms with Crippen molar-refractivity contribution in [3.05, 3.63) is 47.5 Å². The molecule has 29 heavy (non-hydrogen) atoms. The van der Waals surface area contributed by atoms with Gasteiger partial charge in [0.15, 0.2) is 0 Å². The zero-order valence-corrected chi connectivity index (χ0v) is 18.5. The quantitative estimate of drug-likeness (QED) is 0.299. The standard InChI is InChI=1S/C19H28N2O.F6P/c1-18(2,3)15-10-14(12-21-9-8-20(7)13-21)11-16(17(15)22)19(4,5)6;1-7(2,3,4,5)6/h8-11,13H,12H2,1-7H3;/q;-1/p+1. The number of benzene rings is 1. The number of halogens is 6. The maximum atomic E-state index is 10.7. The molecule has 1 aromatic heterocycles. The normalized spacial score (nSPS) is 15.2. The molecule has 0 saturated carbocycles. The van der Waals surface area contributed by atoms with Gasteiger partial charge in [-0.2, -0.15) is 0 Å². The molecule has 1 N–H and O–H groups in total. The molecule has 0 fully saturated rings. The van der Waals surface area contributed by atoms with Crippen molar-refractivity contribution in [2.24, 2.45) is 7.05 Å². The Morgan fingerprint density at radius 3 is 1.55 bits per heavy atom. The molecule has 3 nitrogen and oxygen atoms in total. The number of hydrogen-bond acceptors (Lipinski definition) is 1. The summed E-state index contributed by atoms with van der Waals surface area (Å²) in [6, 6.07) is 4.29. The van der Waals surface area contributed by atoms with E-state index in [1.807, 2.05) is 17.8 Å². The fraction of sp³-hybridized carbons (Fsp3) is 0.526. The van der Waals surface area contributed by atoms with Crippen LogP contribution in [-0.4, -0.2) is 9.67 Å². The molecule has 1 heterocycles. The summed E-state index contributed by atoms with van der Waals surface area (Å²) < 4.78 is 63.4. The Morgan fingerprint density at radius 2 is 1.28 bits per heavy atom. The number of aromatic hydroxyl groups is 1. The molecule has 2 aromatic rings. The average Bonchev–Trinajstić information content (AvgIpc) is 2.79. The summed E-state index contributed by atoms with van der Waals surface area (Å²) in [5.41, 5.74) is 3.10. The van der Waals surface area contributed by atoms with E-state index in [9.17, 15) is 30.3 Å². The van der Waals surface area contributed by atoms with Crippen LogP contribution in [0, 0.1) is 0 Å². The van der Waals surface area contributed by atoms with E-state index in [4.69, 9.17) is 0 Å². The van der Waals surface area contributed by atoms with Gasteiger partial charge >= 0.3 is 33.0 Å². The summed E-state index contributed by atoms with van der Waals surface area (Å²) in [6.45, 7) is 13.7. The van der Waals surface area contributed by atoms with Crippen LogP contribution in [0.25, 0.3) is 0 Å². The predicted molar refractivity (Wildman–Crippen MR) is 104 cm³/mol. The predicted octanol–water partition coefficient (Wildman–Crippen LogP) is 7.04. The molecule has 0 amide bonds. The summed E-state index contributed by atoms with van der Waals surface area (Å²) in [7, 11) is -8.64. The van der Waals surface area contributed by atoms with Crippen molar-refractivity contribution in [1.29, 1.82) is 0 Å². The zero-order valence-electron chi connectivity index (χ0n) is 17.7. The van der Waals surface area contributed by atoms with Crippen molar-refractivity contribution >= 4 is 7.81 Å². The number of imidazole rings is 1. The second kappa shape index (κ2) is 6.89. The van der Waals surface area contributed by atoms with Gasteiger partial charge in [0.1, 0.15) is 24.7 Å². The molecule has 0 atom stereocenters. The Balaban J connectivity index is 0.000000516.